The molecule has 1 fully saturated rings. The summed E-state index contributed by atoms with van der Waals surface area (Å²) in [5, 5.41) is 11.2. The highest BCUT2D eigenvalue weighted by Gasteiger charge is 2.45. The minimum atomic E-state index is -0.810. The largest absolute Gasteiger partial charge is 0.493 e. The van der Waals surface area contributed by atoms with Crippen LogP contribution < -0.4 is 4.74 Å². The van der Waals surface area contributed by atoms with Gasteiger partial charge in [-0.15, -0.1) is 0 Å². The number of rotatable bonds is 14. The molecular weight excluding hydrogens is 715 g/mol. The predicted octanol–water partition coefficient (Wildman–Crippen LogP) is 6.60. The predicted molar refractivity (Wildman–Crippen MR) is 207 cm³/mol. The number of nitrogens with zero attached hydrogens (tertiary/aromatic N) is 6. The van der Waals surface area contributed by atoms with E-state index in [-0.39, 0.29) is 18.5 Å². The van der Waals surface area contributed by atoms with Crippen LogP contribution in [0.4, 0.5) is 4.79 Å². The van der Waals surface area contributed by atoms with Gasteiger partial charge in [0.05, 0.1) is 49.5 Å². The van der Waals surface area contributed by atoms with Crippen molar-refractivity contribution in [1.82, 2.24) is 19.6 Å². The van der Waals surface area contributed by atoms with Gasteiger partial charge < -0.3 is 24.0 Å². The first kappa shape index (κ1) is 40.0. The molecule has 0 bridgehead atoms. The standard InChI is InChI=1S/C40H48Cl2N6O5/c1-6-53-34-16-11-30(40(2,3)27-43)25-33(34)38-44-36(28-7-12-31(41)13-8-28)37(29-9-14-32(42)15-10-29)48(38)39(50)47-19-17-45(18-20-47)26-35(49)46(21-23-51-4)22-24-52-5/h7-16,25,36-37H,6,17-24,26H2,1-5H3/t36-,37+/m0/s1. The number of hydrogen-bond acceptors (Lipinski definition) is 8. The number of carbonyl (C=O) groups excluding carboxylic acids is 2. The third kappa shape index (κ3) is 9.50. The lowest BCUT2D eigenvalue weighted by atomic mass is 9.85. The number of hydrogen-bond donors (Lipinski definition) is 0. The van der Waals surface area contributed by atoms with Gasteiger partial charge in [-0.25, -0.2) is 4.79 Å². The molecule has 282 valence electrons. The second kappa shape index (κ2) is 18.2. The van der Waals surface area contributed by atoms with Crippen molar-refractivity contribution in [1.29, 1.82) is 5.26 Å². The molecule has 13 heteroatoms. The highest BCUT2D eigenvalue weighted by Crippen LogP contribution is 2.46. The highest BCUT2D eigenvalue weighted by atomic mass is 35.5. The molecule has 2 aliphatic rings. The van der Waals surface area contributed by atoms with Crippen molar-refractivity contribution < 1.29 is 23.8 Å². The van der Waals surface area contributed by atoms with Crippen molar-refractivity contribution in [3.05, 3.63) is 99.0 Å². The van der Waals surface area contributed by atoms with Crippen molar-refractivity contribution >= 4 is 41.0 Å². The molecule has 0 aliphatic carbocycles. The number of benzene rings is 3. The fourth-order valence-corrected chi connectivity index (χ4v) is 6.85. The van der Waals surface area contributed by atoms with E-state index in [1.54, 1.807) is 24.0 Å². The summed E-state index contributed by atoms with van der Waals surface area (Å²) in [6, 6.07) is 21.8. The summed E-state index contributed by atoms with van der Waals surface area (Å²) in [4.78, 5) is 41.1. The van der Waals surface area contributed by atoms with E-state index >= 15 is 4.79 Å². The van der Waals surface area contributed by atoms with Crippen LogP contribution in [0.2, 0.25) is 10.0 Å². The van der Waals surface area contributed by atoms with Gasteiger partial charge in [-0.2, -0.15) is 5.26 Å². The van der Waals surface area contributed by atoms with E-state index in [9.17, 15) is 10.1 Å². The average Bonchev–Trinajstić information content (AvgIpc) is 3.56. The SMILES string of the molecule is CCOc1ccc(C(C)(C)C#N)cc1C1=N[C@@H](c2ccc(Cl)cc2)[C@@H](c2ccc(Cl)cc2)N1C(=O)N1CCN(CC(=O)N(CCOC)CCOC)CC1. The zero-order valence-corrected chi connectivity index (χ0v) is 32.6. The smallest absolute Gasteiger partial charge is 0.326 e. The summed E-state index contributed by atoms with van der Waals surface area (Å²) in [6.45, 7) is 9.92. The maximum atomic E-state index is 15.1. The molecule has 2 atom stereocenters. The fourth-order valence-electron chi connectivity index (χ4n) is 6.60. The number of ether oxygens (including phenoxy) is 3. The maximum Gasteiger partial charge on any atom is 0.326 e. The Morgan fingerprint density at radius 3 is 2.04 bits per heavy atom. The Morgan fingerprint density at radius 1 is 0.906 bits per heavy atom. The maximum absolute atomic E-state index is 15.1. The van der Waals surface area contributed by atoms with Gasteiger partial charge in [-0.05, 0) is 73.9 Å². The molecule has 2 aliphatic heterocycles. The third-order valence-corrected chi connectivity index (χ3v) is 10.2. The molecule has 0 unspecified atom stereocenters. The van der Waals surface area contributed by atoms with E-state index in [1.807, 2.05) is 92.4 Å². The van der Waals surface area contributed by atoms with Crippen LogP contribution in [0.3, 0.4) is 0 Å². The Hall–Kier alpha value is -4.18. The lowest BCUT2D eigenvalue weighted by Gasteiger charge is -2.39. The minimum Gasteiger partial charge on any atom is -0.493 e. The van der Waals surface area contributed by atoms with Gasteiger partial charge in [0.1, 0.15) is 17.6 Å². The van der Waals surface area contributed by atoms with Crippen LogP contribution in [0.15, 0.2) is 71.7 Å². The van der Waals surface area contributed by atoms with Crippen LogP contribution in [-0.2, 0) is 19.7 Å². The summed E-state index contributed by atoms with van der Waals surface area (Å²) >= 11 is 12.7. The molecule has 3 amide bonds. The molecule has 11 nitrogen and oxygen atoms in total. The number of halogens is 2. The molecule has 5 rings (SSSR count). The zero-order valence-electron chi connectivity index (χ0n) is 31.1. The van der Waals surface area contributed by atoms with Crippen LogP contribution in [0.1, 0.15) is 55.1 Å². The lowest BCUT2D eigenvalue weighted by molar-refractivity contribution is -0.134. The number of amidine groups is 1. The summed E-state index contributed by atoms with van der Waals surface area (Å²) in [5.74, 6) is 0.992. The van der Waals surface area contributed by atoms with Gasteiger partial charge in [-0.1, -0.05) is 53.5 Å². The number of nitriles is 1. The lowest BCUT2D eigenvalue weighted by Crippen LogP contribution is -2.55. The van der Waals surface area contributed by atoms with Crippen molar-refractivity contribution in [3.8, 4) is 11.8 Å². The van der Waals surface area contributed by atoms with Crippen LogP contribution in [0, 0.1) is 11.3 Å². The molecule has 0 spiro atoms. The molecule has 3 aromatic rings. The monoisotopic (exact) mass is 762 g/mol. The molecule has 3 aromatic carbocycles. The molecule has 53 heavy (non-hydrogen) atoms. The van der Waals surface area contributed by atoms with E-state index in [0.717, 1.165) is 16.7 Å². The molecular formula is C40H48Cl2N6O5. The first-order valence-electron chi connectivity index (χ1n) is 17.8. The number of piperazine rings is 1. The van der Waals surface area contributed by atoms with Gasteiger partial charge in [0.25, 0.3) is 0 Å². The Labute approximate surface area is 322 Å². The van der Waals surface area contributed by atoms with Gasteiger partial charge in [0.2, 0.25) is 5.91 Å². The van der Waals surface area contributed by atoms with Crippen LogP contribution in [-0.4, -0.2) is 117 Å². The number of methoxy groups -OCH3 is 2. The second-order valence-electron chi connectivity index (χ2n) is 13.6. The number of amides is 3. The van der Waals surface area contributed by atoms with Crippen molar-refractivity contribution in [2.45, 2.75) is 38.3 Å². The third-order valence-electron chi connectivity index (χ3n) is 9.70. The molecule has 2 heterocycles. The van der Waals surface area contributed by atoms with E-state index in [2.05, 4.69) is 11.0 Å². The van der Waals surface area contributed by atoms with Crippen molar-refractivity contribution in [3.63, 3.8) is 0 Å². The average molecular weight is 764 g/mol. The molecule has 0 radical (unpaired) electrons. The Kier molecular flexibility index (Phi) is 13.8. The molecule has 0 aromatic heterocycles. The van der Waals surface area contributed by atoms with Crippen LogP contribution >= 0.6 is 23.2 Å². The van der Waals surface area contributed by atoms with Gasteiger partial charge in [0.15, 0.2) is 0 Å². The fraction of sp³-hybridized carbons (Fsp3) is 0.450. The summed E-state index contributed by atoms with van der Waals surface area (Å²) in [5.41, 5.74) is 2.31. The zero-order chi connectivity index (χ0) is 38.1. The first-order valence-corrected chi connectivity index (χ1v) is 18.6. The number of urea groups is 1. The number of carbonyl (C=O) groups is 2. The second-order valence-corrected chi connectivity index (χ2v) is 14.5. The van der Waals surface area contributed by atoms with Gasteiger partial charge in [-0.3, -0.25) is 19.6 Å². The van der Waals surface area contributed by atoms with Crippen molar-refractivity contribution in [2.75, 3.05) is 79.9 Å². The summed E-state index contributed by atoms with van der Waals surface area (Å²) in [7, 11) is 3.23. The Balaban J connectivity index is 1.53. The topological polar surface area (TPSA) is 111 Å². The van der Waals surface area contributed by atoms with E-state index < -0.39 is 17.5 Å². The van der Waals surface area contributed by atoms with E-state index in [0.29, 0.717) is 86.3 Å². The minimum absolute atomic E-state index is 0.00919. The Bertz CT molecular complexity index is 1780. The normalized spacial score (nSPS) is 17.7. The van der Waals surface area contributed by atoms with Gasteiger partial charge >= 0.3 is 6.03 Å². The molecule has 0 N–H and O–H groups in total. The van der Waals surface area contributed by atoms with E-state index in [4.69, 9.17) is 42.4 Å². The molecule has 1 saturated heterocycles. The Morgan fingerprint density at radius 2 is 1.49 bits per heavy atom. The van der Waals surface area contributed by atoms with Gasteiger partial charge in [0, 0.05) is 63.5 Å². The summed E-state index contributed by atoms with van der Waals surface area (Å²) < 4.78 is 16.6. The van der Waals surface area contributed by atoms with Crippen molar-refractivity contribution in [2.24, 2.45) is 4.99 Å². The molecule has 0 saturated carbocycles. The van der Waals surface area contributed by atoms with E-state index in [1.165, 1.54) is 0 Å². The number of aliphatic imine (C=N–C) groups is 1. The highest BCUT2D eigenvalue weighted by molar-refractivity contribution is 6.30. The van der Waals surface area contributed by atoms with Crippen LogP contribution in [0.25, 0.3) is 0 Å². The van der Waals surface area contributed by atoms with Crippen LogP contribution in [0.5, 0.6) is 5.75 Å². The summed E-state index contributed by atoms with van der Waals surface area (Å²) in [6.07, 6.45) is 0. The first-order chi connectivity index (χ1) is 25.5. The quantitative estimate of drug-likeness (QED) is 0.182.